The first-order valence-electron chi connectivity index (χ1n) is 8.57. The number of carbonyl (C=O) groups is 1. The largest absolute Gasteiger partial charge is 0.432 e. The number of nitrogens with one attached hydrogen (secondary N) is 1. The summed E-state index contributed by atoms with van der Waals surface area (Å²) in [7, 11) is 0. The van der Waals surface area contributed by atoms with E-state index in [9.17, 15) is 13.6 Å². The number of carbonyl (C=O) groups excluding carboxylic acids is 1. The lowest BCUT2D eigenvalue weighted by Gasteiger charge is -2.09. The van der Waals surface area contributed by atoms with Gasteiger partial charge in [-0.3, -0.25) is 0 Å². The summed E-state index contributed by atoms with van der Waals surface area (Å²) >= 11 is 7.10. The van der Waals surface area contributed by atoms with Gasteiger partial charge in [0.2, 0.25) is 6.43 Å². The summed E-state index contributed by atoms with van der Waals surface area (Å²) in [5, 5.41) is 3.06. The van der Waals surface area contributed by atoms with Crippen LogP contribution in [0, 0.1) is 6.92 Å². The van der Waals surface area contributed by atoms with Crippen LogP contribution < -0.4 is 10.2 Å². The van der Waals surface area contributed by atoms with Crippen LogP contribution >= 0.6 is 22.9 Å². The van der Waals surface area contributed by atoms with Crippen LogP contribution in [-0.2, 0) is 6.42 Å². The highest BCUT2D eigenvalue weighted by Crippen LogP contribution is 2.25. The number of aryl methyl sites for hydroxylation is 1. The van der Waals surface area contributed by atoms with Crippen molar-refractivity contribution in [1.82, 2.24) is 24.6 Å². The first kappa shape index (κ1) is 20.1. The third kappa shape index (κ3) is 4.21. The highest BCUT2D eigenvalue weighted by Gasteiger charge is 2.17. The zero-order valence-electron chi connectivity index (χ0n) is 15.3. The highest BCUT2D eigenvalue weighted by molar-refractivity contribution is 7.13. The van der Waals surface area contributed by atoms with Gasteiger partial charge in [0, 0.05) is 29.6 Å². The van der Waals surface area contributed by atoms with E-state index in [4.69, 9.17) is 16.3 Å². The number of thiazole rings is 1. The molecule has 0 unspecified atom stereocenters. The Morgan fingerprint density at radius 2 is 2.20 bits per heavy atom. The summed E-state index contributed by atoms with van der Waals surface area (Å²) in [5.74, 6) is 0.491. The predicted octanol–water partition coefficient (Wildman–Crippen LogP) is 4.46. The van der Waals surface area contributed by atoms with Crippen molar-refractivity contribution in [2.75, 3.05) is 5.43 Å². The molecule has 0 aromatic carbocycles. The van der Waals surface area contributed by atoms with Crippen molar-refractivity contribution in [3.8, 4) is 16.6 Å². The number of amides is 1. The molecule has 0 saturated heterocycles. The maximum absolute atomic E-state index is 12.8. The lowest BCUT2D eigenvalue weighted by Crippen LogP contribution is -2.26. The number of ether oxygens (including phenoxy) is 1. The first-order chi connectivity index (χ1) is 14.4. The number of hydrogen-bond donors (Lipinski definition) is 1. The van der Waals surface area contributed by atoms with Crippen LogP contribution in [0.25, 0.3) is 21.9 Å². The SMILES string of the molecule is Cc1nc(-c2nc(Cl)cs2)ncc1OC(=O)Nn1cc(CC(F)F)c2cccnc21. The predicted molar refractivity (Wildman–Crippen MR) is 108 cm³/mol. The van der Waals surface area contributed by atoms with Crippen molar-refractivity contribution in [3.63, 3.8) is 0 Å². The third-order valence-electron chi connectivity index (χ3n) is 4.04. The summed E-state index contributed by atoms with van der Waals surface area (Å²) in [6, 6.07) is 3.29. The summed E-state index contributed by atoms with van der Waals surface area (Å²) in [6.45, 7) is 1.65. The van der Waals surface area contributed by atoms with E-state index in [0.717, 1.165) is 0 Å². The summed E-state index contributed by atoms with van der Waals surface area (Å²) < 4.78 is 32.2. The minimum Gasteiger partial charge on any atom is -0.406 e. The smallest absolute Gasteiger partial charge is 0.406 e. The summed E-state index contributed by atoms with van der Waals surface area (Å²) in [6.07, 6.45) is 0.408. The van der Waals surface area contributed by atoms with E-state index in [2.05, 4.69) is 25.4 Å². The van der Waals surface area contributed by atoms with E-state index in [0.29, 0.717) is 38.3 Å². The van der Waals surface area contributed by atoms with Gasteiger partial charge in [0.1, 0.15) is 5.15 Å². The molecule has 0 aliphatic heterocycles. The zero-order chi connectivity index (χ0) is 21.3. The van der Waals surface area contributed by atoms with Gasteiger partial charge in [-0.15, -0.1) is 11.3 Å². The molecule has 4 aromatic heterocycles. The van der Waals surface area contributed by atoms with Crippen LogP contribution in [0.4, 0.5) is 13.6 Å². The molecule has 12 heteroatoms. The molecule has 0 bridgehead atoms. The molecule has 1 N–H and O–H groups in total. The minimum atomic E-state index is -2.53. The number of hydrogen-bond acceptors (Lipinski definition) is 7. The molecule has 0 atom stereocenters. The Balaban J connectivity index is 1.53. The van der Waals surface area contributed by atoms with Crippen LogP contribution in [0.15, 0.2) is 36.1 Å². The molecule has 1 amide bonds. The standard InChI is InChI=1S/C18H13ClF2N6O2S/c1-9-12(6-23-15(24-9)17-25-13(19)8-30-17)29-18(28)26-27-7-10(5-14(20)21)11-3-2-4-22-16(11)27/h2-4,6-8,14H,5H2,1H3,(H,26,28). The lowest BCUT2D eigenvalue weighted by atomic mass is 10.2. The van der Waals surface area contributed by atoms with Crippen LogP contribution in [0.2, 0.25) is 5.15 Å². The first-order valence-corrected chi connectivity index (χ1v) is 9.83. The molecule has 0 spiro atoms. The summed E-state index contributed by atoms with van der Waals surface area (Å²) in [4.78, 5) is 29.0. The Bertz CT molecular complexity index is 1230. The second kappa shape index (κ2) is 8.28. The molecule has 0 radical (unpaired) electrons. The molecule has 154 valence electrons. The van der Waals surface area contributed by atoms with Crippen molar-refractivity contribution in [1.29, 1.82) is 0 Å². The quantitative estimate of drug-likeness (QED) is 0.482. The molecule has 0 saturated carbocycles. The zero-order valence-corrected chi connectivity index (χ0v) is 16.9. The van der Waals surface area contributed by atoms with Crippen molar-refractivity contribution < 1.29 is 18.3 Å². The van der Waals surface area contributed by atoms with E-state index in [-0.39, 0.29) is 5.75 Å². The molecule has 0 fully saturated rings. The third-order valence-corrected chi connectivity index (χ3v) is 5.20. The number of alkyl halides is 2. The van der Waals surface area contributed by atoms with Crippen LogP contribution in [0.5, 0.6) is 5.75 Å². The van der Waals surface area contributed by atoms with Gasteiger partial charge in [0.25, 0.3) is 0 Å². The maximum atomic E-state index is 12.8. The minimum absolute atomic E-state index is 0.135. The average molecular weight is 451 g/mol. The van der Waals surface area contributed by atoms with Crippen LogP contribution in [0.1, 0.15) is 11.3 Å². The van der Waals surface area contributed by atoms with Gasteiger partial charge in [0.15, 0.2) is 22.2 Å². The Morgan fingerprint density at radius 1 is 1.37 bits per heavy atom. The molecular weight excluding hydrogens is 438 g/mol. The average Bonchev–Trinajstić information content (AvgIpc) is 3.27. The van der Waals surface area contributed by atoms with Crippen molar-refractivity contribution in [2.45, 2.75) is 19.8 Å². The number of pyridine rings is 1. The Kier molecular flexibility index (Phi) is 5.55. The highest BCUT2D eigenvalue weighted by atomic mass is 35.5. The number of aromatic nitrogens is 5. The Morgan fingerprint density at radius 3 is 2.90 bits per heavy atom. The fourth-order valence-corrected chi connectivity index (χ4v) is 3.66. The molecule has 4 aromatic rings. The van der Waals surface area contributed by atoms with Gasteiger partial charge in [-0.05, 0) is 24.6 Å². The van der Waals surface area contributed by atoms with Crippen molar-refractivity contribution in [3.05, 3.63) is 52.5 Å². The monoisotopic (exact) mass is 450 g/mol. The van der Waals surface area contributed by atoms with Gasteiger partial charge in [-0.2, -0.15) is 0 Å². The topological polar surface area (TPSA) is 94.8 Å². The van der Waals surface area contributed by atoms with E-state index in [1.165, 1.54) is 34.6 Å². The fourth-order valence-electron chi connectivity index (χ4n) is 2.78. The van der Waals surface area contributed by atoms with E-state index < -0.39 is 18.9 Å². The van der Waals surface area contributed by atoms with E-state index >= 15 is 0 Å². The molecule has 0 aliphatic carbocycles. The second-order valence-corrected chi connectivity index (χ2v) is 7.36. The van der Waals surface area contributed by atoms with Gasteiger partial charge in [-0.1, -0.05) is 11.6 Å². The Labute approximate surface area is 177 Å². The molecule has 4 rings (SSSR count). The van der Waals surface area contributed by atoms with E-state index in [1.54, 1.807) is 24.4 Å². The van der Waals surface area contributed by atoms with Crippen LogP contribution in [0.3, 0.4) is 0 Å². The number of halogens is 3. The lowest BCUT2D eigenvalue weighted by molar-refractivity contribution is 0.149. The molecule has 4 heterocycles. The van der Waals surface area contributed by atoms with Gasteiger partial charge >= 0.3 is 6.09 Å². The molecule has 0 aliphatic rings. The molecular formula is C18H13ClF2N6O2S. The number of rotatable bonds is 5. The van der Waals surface area contributed by atoms with Crippen molar-refractivity contribution >= 4 is 40.1 Å². The van der Waals surface area contributed by atoms with E-state index in [1.807, 2.05) is 0 Å². The second-order valence-electron chi connectivity index (χ2n) is 6.11. The van der Waals surface area contributed by atoms with Gasteiger partial charge in [0.05, 0.1) is 11.9 Å². The number of fused-ring (bicyclic) bond motifs is 1. The van der Waals surface area contributed by atoms with Crippen LogP contribution in [-0.4, -0.2) is 37.1 Å². The molecule has 30 heavy (non-hydrogen) atoms. The van der Waals surface area contributed by atoms with Gasteiger partial charge in [-0.25, -0.2) is 43.6 Å². The van der Waals surface area contributed by atoms with Crippen molar-refractivity contribution in [2.24, 2.45) is 0 Å². The Hall–Kier alpha value is -3.18. The maximum Gasteiger partial charge on any atom is 0.432 e. The molecule has 8 nitrogen and oxygen atoms in total. The normalized spacial score (nSPS) is 11.2. The van der Waals surface area contributed by atoms with Gasteiger partial charge < -0.3 is 4.74 Å². The summed E-state index contributed by atoms with van der Waals surface area (Å²) in [5.41, 5.74) is 3.57. The fraction of sp³-hybridized carbons (Fsp3) is 0.167. The number of nitrogens with zero attached hydrogens (tertiary/aromatic N) is 5.